The quantitative estimate of drug-likeness (QED) is 0.916. The number of benzene rings is 1. The zero-order valence-electron chi connectivity index (χ0n) is 12.3. The highest BCUT2D eigenvalue weighted by atomic mass is 16.2. The van der Waals surface area contributed by atoms with Gasteiger partial charge in [0.15, 0.2) is 0 Å². The van der Waals surface area contributed by atoms with Crippen LogP contribution in [0.5, 0.6) is 0 Å². The van der Waals surface area contributed by atoms with Crippen LogP contribution in [-0.4, -0.2) is 23.9 Å². The molecular formula is C16H22N2O2. The SMILES string of the molecule is CCC(C)(C)NC(=O)C1CC(=O)N(c2ccccc2)C1. The van der Waals surface area contributed by atoms with Gasteiger partial charge in [0.1, 0.15) is 0 Å². The van der Waals surface area contributed by atoms with E-state index >= 15 is 0 Å². The van der Waals surface area contributed by atoms with E-state index in [9.17, 15) is 9.59 Å². The number of nitrogens with one attached hydrogen (secondary N) is 1. The third-order valence-electron chi connectivity index (χ3n) is 3.91. The molecular weight excluding hydrogens is 252 g/mol. The molecule has 20 heavy (non-hydrogen) atoms. The lowest BCUT2D eigenvalue weighted by Crippen LogP contribution is -2.46. The van der Waals surface area contributed by atoms with Gasteiger partial charge < -0.3 is 10.2 Å². The number of para-hydroxylation sites is 1. The fourth-order valence-electron chi connectivity index (χ4n) is 2.26. The zero-order chi connectivity index (χ0) is 14.8. The lowest BCUT2D eigenvalue weighted by atomic mass is 9.99. The van der Waals surface area contributed by atoms with Crippen LogP contribution in [0.4, 0.5) is 5.69 Å². The first-order valence-electron chi connectivity index (χ1n) is 7.10. The normalized spacial score (nSPS) is 19.2. The fourth-order valence-corrected chi connectivity index (χ4v) is 2.26. The van der Waals surface area contributed by atoms with E-state index in [4.69, 9.17) is 0 Å². The van der Waals surface area contributed by atoms with Crippen LogP contribution in [0.25, 0.3) is 0 Å². The third-order valence-corrected chi connectivity index (χ3v) is 3.91. The molecule has 1 unspecified atom stereocenters. The molecule has 0 aromatic heterocycles. The van der Waals surface area contributed by atoms with Gasteiger partial charge in [-0.25, -0.2) is 0 Å². The Morgan fingerprint density at radius 1 is 1.35 bits per heavy atom. The summed E-state index contributed by atoms with van der Waals surface area (Å²) in [5.41, 5.74) is 0.642. The van der Waals surface area contributed by atoms with E-state index in [1.807, 2.05) is 51.1 Å². The summed E-state index contributed by atoms with van der Waals surface area (Å²) in [4.78, 5) is 26.0. The molecule has 1 N–H and O–H groups in total. The summed E-state index contributed by atoms with van der Waals surface area (Å²) < 4.78 is 0. The highest BCUT2D eigenvalue weighted by Crippen LogP contribution is 2.25. The van der Waals surface area contributed by atoms with E-state index in [1.165, 1.54) is 0 Å². The molecule has 0 aliphatic carbocycles. The summed E-state index contributed by atoms with van der Waals surface area (Å²) in [6.07, 6.45) is 1.16. The zero-order valence-corrected chi connectivity index (χ0v) is 12.3. The summed E-state index contributed by atoms with van der Waals surface area (Å²) in [7, 11) is 0. The molecule has 2 rings (SSSR count). The van der Waals surface area contributed by atoms with Crippen LogP contribution in [-0.2, 0) is 9.59 Å². The monoisotopic (exact) mass is 274 g/mol. The molecule has 1 fully saturated rings. The Balaban J connectivity index is 2.04. The van der Waals surface area contributed by atoms with Gasteiger partial charge in [0.2, 0.25) is 11.8 Å². The second-order valence-electron chi connectivity index (χ2n) is 5.97. The minimum absolute atomic E-state index is 0.0191. The van der Waals surface area contributed by atoms with E-state index in [1.54, 1.807) is 4.90 Å². The molecule has 0 radical (unpaired) electrons. The molecule has 1 atom stereocenters. The average molecular weight is 274 g/mol. The number of carbonyl (C=O) groups is 2. The summed E-state index contributed by atoms with van der Waals surface area (Å²) in [6, 6.07) is 9.51. The predicted octanol–water partition coefficient (Wildman–Crippen LogP) is 2.34. The van der Waals surface area contributed by atoms with Crippen molar-refractivity contribution in [3.63, 3.8) is 0 Å². The molecule has 1 aromatic rings. The van der Waals surface area contributed by atoms with Crippen molar-refractivity contribution in [2.45, 2.75) is 39.2 Å². The molecule has 108 valence electrons. The summed E-state index contributed by atoms with van der Waals surface area (Å²) in [5, 5.41) is 3.02. The second-order valence-corrected chi connectivity index (χ2v) is 5.97. The van der Waals surface area contributed by atoms with Crippen molar-refractivity contribution >= 4 is 17.5 Å². The number of hydrogen-bond donors (Lipinski definition) is 1. The molecule has 1 aliphatic heterocycles. The van der Waals surface area contributed by atoms with Crippen LogP contribution in [0, 0.1) is 5.92 Å². The summed E-state index contributed by atoms with van der Waals surface area (Å²) in [6.45, 7) is 6.50. The Morgan fingerprint density at radius 3 is 2.60 bits per heavy atom. The first-order chi connectivity index (χ1) is 9.43. The van der Waals surface area contributed by atoms with E-state index in [2.05, 4.69) is 5.32 Å². The molecule has 4 heteroatoms. The van der Waals surface area contributed by atoms with Crippen LogP contribution in [0.2, 0.25) is 0 Å². The molecule has 0 saturated carbocycles. The van der Waals surface area contributed by atoms with Gasteiger partial charge in [0, 0.05) is 24.2 Å². The van der Waals surface area contributed by atoms with Crippen molar-refractivity contribution in [1.82, 2.24) is 5.32 Å². The van der Waals surface area contributed by atoms with Crippen molar-refractivity contribution in [2.24, 2.45) is 5.92 Å². The first kappa shape index (κ1) is 14.6. The van der Waals surface area contributed by atoms with E-state index in [0.717, 1.165) is 12.1 Å². The number of anilines is 1. The van der Waals surface area contributed by atoms with Crippen molar-refractivity contribution < 1.29 is 9.59 Å². The molecule has 1 aromatic carbocycles. The number of hydrogen-bond acceptors (Lipinski definition) is 2. The number of amides is 2. The van der Waals surface area contributed by atoms with Gasteiger partial charge in [-0.15, -0.1) is 0 Å². The topological polar surface area (TPSA) is 49.4 Å². The largest absolute Gasteiger partial charge is 0.351 e. The van der Waals surface area contributed by atoms with Crippen molar-refractivity contribution in [3.8, 4) is 0 Å². The number of rotatable bonds is 4. The minimum atomic E-state index is -0.256. The Hall–Kier alpha value is -1.84. The molecule has 1 heterocycles. The minimum Gasteiger partial charge on any atom is -0.351 e. The van der Waals surface area contributed by atoms with Crippen molar-refractivity contribution in [3.05, 3.63) is 30.3 Å². The van der Waals surface area contributed by atoms with E-state index < -0.39 is 0 Å². The molecule has 1 saturated heterocycles. The molecule has 2 amide bonds. The van der Waals surface area contributed by atoms with Gasteiger partial charge in [-0.05, 0) is 32.4 Å². The van der Waals surface area contributed by atoms with Crippen LogP contribution in [0.15, 0.2) is 30.3 Å². The highest BCUT2D eigenvalue weighted by molar-refractivity contribution is 6.00. The summed E-state index contributed by atoms with van der Waals surface area (Å²) >= 11 is 0. The van der Waals surface area contributed by atoms with E-state index in [-0.39, 0.29) is 23.3 Å². The van der Waals surface area contributed by atoms with Gasteiger partial charge in [-0.2, -0.15) is 0 Å². The highest BCUT2D eigenvalue weighted by Gasteiger charge is 2.36. The number of nitrogens with zero attached hydrogens (tertiary/aromatic N) is 1. The number of carbonyl (C=O) groups excluding carboxylic acids is 2. The second kappa shape index (κ2) is 5.65. The van der Waals surface area contributed by atoms with Gasteiger partial charge in [-0.1, -0.05) is 25.1 Å². The first-order valence-corrected chi connectivity index (χ1v) is 7.10. The average Bonchev–Trinajstić information content (AvgIpc) is 2.81. The van der Waals surface area contributed by atoms with Gasteiger partial charge in [0.05, 0.1) is 5.92 Å². The predicted molar refractivity (Wildman–Crippen MR) is 79.4 cm³/mol. The third kappa shape index (κ3) is 3.18. The van der Waals surface area contributed by atoms with Crippen LogP contribution in [0.3, 0.4) is 0 Å². The summed E-state index contributed by atoms with van der Waals surface area (Å²) in [5.74, 6) is -0.261. The van der Waals surface area contributed by atoms with Gasteiger partial charge in [-0.3, -0.25) is 9.59 Å². The van der Waals surface area contributed by atoms with Gasteiger partial charge in [0.25, 0.3) is 0 Å². The molecule has 1 aliphatic rings. The maximum absolute atomic E-state index is 12.3. The Labute approximate surface area is 120 Å². The lowest BCUT2D eigenvalue weighted by Gasteiger charge is -2.26. The van der Waals surface area contributed by atoms with Crippen LogP contribution in [0.1, 0.15) is 33.6 Å². The Kier molecular flexibility index (Phi) is 4.12. The smallest absolute Gasteiger partial charge is 0.227 e. The van der Waals surface area contributed by atoms with Gasteiger partial charge >= 0.3 is 0 Å². The van der Waals surface area contributed by atoms with Crippen molar-refractivity contribution in [1.29, 1.82) is 0 Å². The Bertz CT molecular complexity index is 496. The standard InChI is InChI=1S/C16H22N2O2/c1-4-16(2,3)17-15(20)12-10-14(19)18(11-12)13-8-6-5-7-9-13/h5-9,12H,4,10-11H2,1-3H3,(H,17,20). The molecule has 0 bridgehead atoms. The lowest BCUT2D eigenvalue weighted by molar-refractivity contribution is -0.127. The van der Waals surface area contributed by atoms with E-state index in [0.29, 0.717) is 13.0 Å². The fraction of sp³-hybridized carbons (Fsp3) is 0.500. The Morgan fingerprint density at radius 2 is 2.00 bits per heavy atom. The maximum atomic E-state index is 12.3. The maximum Gasteiger partial charge on any atom is 0.227 e. The van der Waals surface area contributed by atoms with Crippen LogP contribution >= 0.6 is 0 Å². The molecule has 4 nitrogen and oxygen atoms in total. The van der Waals surface area contributed by atoms with Crippen molar-refractivity contribution in [2.75, 3.05) is 11.4 Å². The van der Waals surface area contributed by atoms with Crippen LogP contribution < -0.4 is 10.2 Å². The molecule has 0 spiro atoms.